The molecule has 1 aliphatic rings. The molecule has 216 valence electrons. The second-order valence-corrected chi connectivity index (χ2v) is 10.2. The van der Waals surface area contributed by atoms with Gasteiger partial charge in [-0.05, 0) is 42.5 Å². The van der Waals surface area contributed by atoms with Crippen LogP contribution in [0.3, 0.4) is 0 Å². The molecule has 0 aliphatic heterocycles. The first-order valence-corrected chi connectivity index (χ1v) is 13.5. The first kappa shape index (κ1) is 31.1. The minimum Gasteiger partial charge on any atom is -0.391 e. The van der Waals surface area contributed by atoms with E-state index in [0.29, 0.717) is 31.8 Å². The number of allylic oxidation sites excluding steroid dienone is 2. The molecule has 0 spiro atoms. The molecule has 0 radical (unpaired) electrons. The molecular weight excluding hydrogens is 516 g/mol. The molecule has 0 heterocycles. The van der Waals surface area contributed by atoms with E-state index >= 15 is 0 Å². The van der Waals surface area contributed by atoms with Crippen LogP contribution in [-0.4, -0.2) is 61.3 Å². The van der Waals surface area contributed by atoms with Crippen LogP contribution in [-0.2, 0) is 27.3 Å². The summed E-state index contributed by atoms with van der Waals surface area (Å²) in [5.41, 5.74) is 6.17. The van der Waals surface area contributed by atoms with Crippen LogP contribution in [0, 0.1) is 23.0 Å². The lowest BCUT2D eigenvalue weighted by molar-refractivity contribution is -0.132. The van der Waals surface area contributed by atoms with Gasteiger partial charge in [-0.25, -0.2) is 8.78 Å². The van der Waals surface area contributed by atoms with Crippen molar-refractivity contribution in [2.75, 3.05) is 33.4 Å². The van der Waals surface area contributed by atoms with Gasteiger partial charge in [0.2, 0.25) is 11.8 Å². The van der Waals surface area contributed by atoms with Crippen LogP contribution < -0.4 is 11.1 Å². The summed E-state index contributed by atoms with van der Waals surface area (Å²) in [5.74, 6) is -3.39. The fourth-order valence-electron chi connectivity index (χ4n) is 5.26. The number of benzene rings is 2. The maximum absolute atomic E-state index is 14.1. The molecule has 1 aliphatic carbocycles. The molecule has 0 saturated carbocycles. The molecule has 40 heavy (non-hydrogen) atoms. The number of hydrogen-bond donors (Lipinski definition) is 3. The molecule has 2 aromatic rings. The van der Waals surface area contributed by atoms with Crippen LogP contribution in [0.5, 0.6) is 0 Å². The SMILES string of the molecule is CCCN(CCOC)C(=O)C1=CC=CC(C(N)=O)([C@H](Cc2cc(F)cc(F)c2)[C@@H](O)CNCc2ccccc2)C1. The third kappa shape index (κ3) is 8.06. The monoisotopic (exact) mass is 555 g/mol. The van der Waals surface area contributed by atoms with Crippen LogP contribution in [0.4, 0.5) is 8.78 Å². The third-order valence-corrected chi connectivity index (χ3v) is 7.28. The number of amides is 2. The second-order valence-electron chi connectivity index (χ2n) is 10.2. The summed E-state index contributed by atoms with van der Waals surface area (Å²) in [4.78, 5) is 28.4. The zero-order chi connectivity index (χ0) is 29.1. The first-order valence-electron chi connectivity index (χ1n) is 13.5. The molecule has 0 saturated heterocycles. The number of aliphatic hydroxyl groups excluding tert-OH is 1. The Bertz CT molecular complexity index is 1180. The van der Waals surface area contributed by atoms with Crippen molar-refractivity contribution >= 4 is 11.8 Å². The molecule has 4 N–H and O–H groups in total. The lowest BCUT2D eigenvalue weighted by atomic mass is 9.64. The predicted octanol–water partition coefficient (Wildman–Crippen LogP) is 3.52. The summed E-state index contributed by atoms with van der Waals surface area (Å²) in [6.07, 6.45) is 4.36. The molecule has 0 fully saturated rings. The van der Waals surface area contributed by atoms with Crippen molar-refractivity contribution in [2.45, 2.75) is 38.8 Å². The number of ether oxygens (including phenoxy) is 1. The van der Waals surface area contributed by atoms with Crippen molar-refractivity contribution in [1.29, 1.82) is 0 Å². The smallest absolute Gasteiger partial charge is 0.249 e. The fraction of sp³-hybridized carbons (Fsp3) is 0.419. The van der Waals surface area contributed by atoms with E-state index in [-0.39, 0.29) is 30.9 Å². The van der Waals surface area contributed by atoms with Gasteiger partial charge in [-0.15, -0.1) is 0 Å². The number of aliphatic hydroxyl groups is 1. The Labute approximate surface area is 234 Å². The van der Waals surface area contributed by atoms with Gasteiger partial charge in [0.15, 0.2) is 0 Å². The average Bonchev–Trinajstić information content (AvgIpc) is 2.93. The summed E-state index contributed by atoms with van der Waals surface area (Å²) in [6, 6.07) is 12.7. The van der Waals surface area contributed by atoms with Gasteiger partial charge in [-0.3, -0.25) is 9.59 Å². The average molecular weight is 556 g/mol. The highest BCUT2D eigenvalue weighted by Crippen LogP contribution is 2.43. The Balaban J connectivity index is 1.92. The predicted molar refractivity (Wildman–Crippen MR) is 150 cm³/mol. The van der Waals surface area contributed by atoms with E-state index in [0.717, 1.165) is 18.1 Å². The third-order valence-electron chi connectivity index (χ3n) is 7.28. The van der Waals surface area contributed by atoms with E-state index in [2.05, 4.69) is 5.32 Å². The topological polar surface area (TPSA) is 105 Å². The number of nitrogens with two attached hydrogens (primary N) is 1. The summed E-state index contributed by atoms with van der Waals surface area (Å²) >= 11 is 0. The van der Waals surface area contributed by atoms with E-state index in [4.69, 9.17) is 10.5 Å². The van der Waals surface area contributed by atoms with Gasteiger partial charge in [-0.2, -0.15) is 0 Å². The summed E-state index contributed by atoms with van der Waals surface area (Å²) in [7, 11) is 1.56. The molecule has 0 bridgehead atoms. The second kappa shape index (κ2) is 14.8. The number of carbonyl (C=O) groups excluding carboxylic acids is 2. The largest absolute Gasteiger partial charge is 0.391 e. The van der Waals surface area contributed by atoms with E-state index in [1.165, 1.54) is 12.1 Å². The number of methoxy groups -OCH3 is 1. The Morgan fingerprint density at radius 2 is 1.82 bits per heavy atom. The van der Waals surface area contributed by atoms with Crippen LogP contribution in [0.25, 0.3) is 0 Å². The summed E-state index contributed by atoms with van der Waals surface area (Å²) in [6.45, 7) is 3.76. The minimum atomic E-state index is -1.48. The molecular formula is C31H39F2N3O4. The standard InChI is InChI=1S/C31H39F2N3O4/c1-3-12-36(13-14-40-2)29(38)24-10-7-11-31(19-24,30(34)39)27(17-23-15-25(32)18-26(33)16-23)28(37)21-35-20-22-8-5-4-6-9-22/h4-11,15-16,18,27-28,35,37H,3,12-14,17,19-21H2,1-2H3,(H2,34,39)/t27-,28+,31?/m1/s1. The van der Waals surface area contributed by atoms with Crippen molar-refractivity contribution in [2.24, 2.45) is 17.1 Å². The molecule has 9 heteroatoms. The van der Waals surface area contributed by atoms with E-state index in [9.17, 15) is 23.5 Å². The Hall–Kier alpha value is -3.40. The zero-order valence-corrected chi connectivity index (χ0v) is 23.1. The molecule has 2 amide bonds. The number of hydrogen-bond acceptors (Lipinski definition) is 5. The zero-order valence-electron chi connectivity index (χ0n) is 23.1. The van der Waals surface area contributed by atoms with Gasteiger partial charge in [0, 0.05) is 50.8 Å². The van der Waals surface area contributed by atoms with Gasteiger partial charge in [-0.1, -0.05) is 55.5 Å². The Morgan fingerprint density at radius 1 is 1.12 bits per heavy atom. The molecule has 2 aromatic carbocycles. The van der Waals surface area contributed by atoms with Gasteiger partial charge < -0.3 is 25.8 Å². The maximum Gasteiger partial charge on any atom is 0.249 e. The normalized spacial score (nSPS) is 18.2. The first-order chi connectivity index (χ1) is 19.2. The lowest BCUT2D eigenvalue weighted by Gasteiger charge is -2.41. The number of nitrogens with one attached hydrogen (secondary N) is 1. The van der Waals surface area contributed by atoms with Gasteiger partial charge in [0.25, 0.3) is 0 Å². The van der Waals surface area contributed by atoms with Crippen molar-refractivity contribution < 1.29 is 28.2 Å². The van der Waals surface area contributed by atoms with Crippen LogP contribution >= 0.6 is 0 Å². The summed E-state index contributed by atoms with van der Waals surface area (Å²) in [5, 5.41) is 14.7. The fourth-order valence-corrected chi connectivity index (χ4v) is 5.26. The Morgan fingerprint density at radius 3 is 2.45 bits per heavy atom. The molecule has 0 aromatic heterocycles. The summed E-state index contributed by atoms with van der Waals surface area (Å²) < 4.78 is 33.4. The highest BCUT2D eigenvalue weighted by Gasteiger charge is 2.47. The number of rotatable bonds is 15. The van der Waals surface area contributed by atoms with Crippen molar-refractivity contribution in [3.63, 3.8) is 0 Å². The van der Waals surface area contributed by atoms with Gasteiger partial charge >= 0.3 is 0 Å². The number of primary amides is 1. The van der Waals surface area contributed by atoms with Crippen molar-refractivity contribution in [1.82, 2.24) is 10.2 Å². The number of nitrogens with zero attached hydrogens (tertiary/aromatic N) is 1. The van der Waals surface area contributed by atoms with Crippen LogP contribution in [0.15, 0.2) is 72.3 Å². The minimum absolute atomic E-state index is 0.0417. The van der Waals surface area contributed by atoms with E-state index in [1.807, 2.05) is 37.3 Å². The number of carbonyl (C=O) groups is 2. The lowest BCUT2D eigenvalue weighted by Crippen LogP contribution is -2.51. The maximum atomic E-state index is 14.1. The van der Waals surface area contributed by atoms with Crippen LogP contribution in [0.2, 0.25) is 0 Å². The Kier molecular flexibility index (Phi) is 11.5. The highest BCUT2D eigenvalue weighted by atomic mass is 19.1. The quantitative estimate of drug-likeness (QED) is 0.312. The van der Waals surface area contributed by atoms with Crippen molar-refractivity contribution in [3.05, 3.63) is 95.1 Å². The highest BCUT2D eigenvalue weighted by molar-refractivity contribution is 5.96. The van der Waals surface area contributed by atoms with E-state index < -0.39 is 35.0 Å². The van der Waals surface area contributed by atoms with Gasteiger partial charge in [0.05, 0.1) is 18.1 Å². The van der Waals surface area contributed by atoms with Crippen molar-refractivity contribution in [3.8, 4) is 0 Å². The van der Waals surface area contributed by atoms with Crippen LogP contribution in [0.1, 0.15) is 30.9 Å². The van der Waals surface area contributed by atoms with Gasteiger partial charge in [0.1, 0.15) is 11.6 Å². The molecule has 7 nitrogen and oxygen atoms in total. The van der Waals surface area contributed by atoms with E-state index in [1.54, 1.807) is 30.2 Å². The molecule has 3 atom stereocenters. The number of halogens is 2. The molecule has 3 rings (SSSR count). The molecule has 1 unspecified atom stereocenters.